The fraction of sp³-hybridized carbons (Fsp3) is 0.474. The standard InChI is InChI=1S/C19H28N4OS/c1-10(2)13-7-12(8-14(11(3)4)16(13)24-5)9-15-17(20)22-19(21)23-18(15)25-6/h7-8,10-11H,9H2,1-6H3,(H4,20,21,22,23). The quantitative estimate of drug-likeness (QED) is 0.593. The molecule has 0 fully saturated rings. The molecule has 0 aliphatic rings. The minimum absolute atomic E-state index is 0.214. The predicted octanol–water partition coefficient (Wildman–Crippen LogP) is 4.21. The van der Waals surface area contributed by atoms with Crippen LogP contribution in [0.2, 0.25) is 0 Å². The van der Waals surface area contributed by atoms with Crippen LogP contribution in [0.5, 0.6) is 5.75 Å². The lowest BCUT2D eigenvalue weighted by Gasteiger charge is -2.21. The van der Waals surface area contributed by atoms with Crippen LogP contribution in [-0.2, 0) is 6.42 Å². The molecule has 0 saturated carbocycles. The molecular formula is C19H28N4OS. The Morgan fingerprint density at radius 2 is 1.60 bits per heavy atom. The summed E-state index contributed by atoms with van der Waals surface area (Å²) in [6.07, 6.45) is 2.64. The van der Waals surface area contributed by atoms with E-state index in [1.807, 2.05) is 6.26 Å². The summed E-state index contributed by atoms with van der Waals surface area (Å²) in [5.74, 6) is 2.39. The van der Waals surface area contributed by atoms with E-state index in [0.717, 1.165) is 16.3 Å². The minimum atomic E-state index is 0.214. The third-order valence-electron chi connectivity index (χ3n) is 4.25. The van der Waals surface area contributed by atoms with E-state index in [2.05, 4.69) is 49.8 Å². The Bertz CT molecular complexity index is 730. The van der Waals surface area contributed by atoms with Gasteiger partial charge in [-0.25, -0.2) is 4.98 Å². The predicted molar refractivity (Wildman–Crippen MR) is 107 cm³/mol. The van der Waals surface area contributed by atoms with Crippen molar-refractivity contribution in [1.82, 2.24) is 9.97 Å². The number of nitrogen functional groups attached to an aromatic ring is 2. The van der Waals surface area contributed by atoms with E-state index in [1.54, 1.807) is 7.11 Å². The summed E-state index contributed by atoms with van der Waals surface area (Å²) in [5, 5.41) is 0.831. The summed E-state index contributed by atoms with van der Waals surface area (Å²) in [5.41, 5.74) is 16.4. The van der Waals surface area contributed by atoms with Crippen LogP contribution in [-0.4, -0.2) is 23.3 Å². The zero-order chi connectivity index (χ0) is 18.7. The van der Waals surface area contributed by atoms with Gasteiger partial charge in [0, 0.05) is 12.0 Å². The van der Waals surface area contributed by atoms with Crippen LogP contribution in [0.15, 0.2) is 17.2 Å². The summed E-state index contributed by atoms with van der Waals surface area (Å²) < 4.78 is 5.72. The van der Waals surface area contributed by atoms with Gasteiger partial charge in [-0.3, -0.25) is 0 Å². The molecular weight excluding hydrogens is 332 g/mol. The average molecular weight is 361 g/mol. The molecule has 0 aliphatic heterocycles. The molecule has 2 rings (SSSR count). The van der Waals surface area contributed by atoms with Crippen molar-refractivity contribution in [3.63, 3.8) is 0 Å². The third kappa shape index (κ3) is 4.18. The molecule has 0 unspecified atom stereocenters. The Morgan fingerprint density at radius 3 is 2.04 bits per heavy atom. The van der Waals surface area contributed by atoms with Crippen LogP contribution < -0.4 is 16.2 Å². The highest BCUT2D eigenvalue weighted by Crippen LogP contribution is 2.37. The van der Waals surface area contributed by atoms with Gasteiger partial charge in [0.2, 0.25) is 5.95 Å². The molecule has 0 aliphatic carbocycles. The van der Waals surface area contributed by atoms with Gasteiger partial charge in [-0.2, -0.15) is 4.98 Å². The first kappa shape index (κ1) is 19.4. The fourth-order valence-electron chi connectivity index (χ4n) is 2.97. The first-order chi connectivity index (χ1) is 11.8. The molecule has 4 N–H and O–H groups in total. The normalized spacial score (nSPS) is 11.4. The fourth-order valence-corrected chi connectivity index (χ4v) is 3.58. The van der Waals surface area contributed by atoms with E-state index >= 15 is 0 Å². The van der Waals surface area contributed by atoms with Gasteiger partial charge in [-0.1, -0.05) is 39.8 Å². The third-order valence-corrected chi connectivity index (χ3v) is 4.97. The van der Waals surface area contributed by atoms with Crippen molar-refractivity contribution in [3.8, 4) is 5.75 Å². The summed E-state index contributed by atoms with van der Waals surface area (Å²) in [7, 11) is 1.74. The van der Waals surface area contributed by atoms with Crippen LogP contribution in [0.25, 0.3) is 0 Å². The molecule has 0 saturated heterocycles. The van der Waals surface area contributed by atoms with Crippen LogP contribution in [0.4, 0.5) is 11.8 Å². The number of nitrogens with zero attached hydrogens (tertiary/aromatic N) is 2. The lowest BCUT2D eigenvalue weighted by Crippen LogP contribution is -2.08. The van der Waals surface area contributed by atoms with Crippen molar-refractivity contribution in [2.45, 2.75) is 51.0 Å². The zero-order valence-electron chi connectivity index (χ0n) is 15.9. The monoisotopic (exact) mass is 360 g/mol. The number of rotatable bonds is 6. The number of methoxy groups -OCH3 is 1. The SMILES string of the molecule is COc1c(C(C)C)cc(Cc2c(N)nc(N)nc2SC)cc1C(C)C. The number of benzene rings is 1. The van der Waals surface area contributed by atoms with Gasteiger partial charge in [-0.15, -0.1) is 11.8 Å². The molecule has 1 aromatic carbocycles. The summed E-state index contributed by atoms with van der Waals surface area (Å²) >= 11 is 1.54. The average Bonchev–Trinajstić information content (AvgIpc) is 2.55. The first-order valence-electron chi connectivity index (χ1n) is 8.45. The van der Waals surface area contributed by atoms with Crippen LogP contribution in [0.1, 0.15) is 61.8 Å². The Labute approximate surface area is 154 Å². The van der Waals surface area contributed by atoms with Gasteiger partial charge < -0.3 is 16.2 Å². The van der Waals surface area contributed by atoms with Gasteiger partial charge in [0.1, 0.15) is 16.6 Å². The number of nitrogens with two attached hydrogens (primary N) is 2. The molecule has 5 nitrogen and oxygen atoms in total. The molecule has 0 atom stereocenters. The lowest BCUT2D eigenvalue weighted by atomic mass is 9.90. The van der Waals surface area contributed by atoms with Crippen LogP contribution in [0, 0.1) is 0 Å². The second-order valence-corrected chi connectivity index (χ2v) is 7.54. The smallest absolute Gasteiger partial charge is 0.223 e. The first-order valence-corrected chi connectivity index (χ1v) is 9.67. The van der Waals surface area contributed by atoms with Crippen molar-refractivity contribution in [1.29, 1.82) is 0 Å². The zero-order valence-corrected chi connectivity index (χ0v) is 16.7. The Hall–Kier alpha value is -1.95. The van der Waals surface area contributed by atoms with Crippen molar-refractivity contribution in [2.75, 3.05) is 24.8 Å². The lowest BCUT2D eigenvalue weighted by molar-refractivity contribution is 0.400. The molecule has 0 spiro atoms. The number of thioether (sulfide) groups is 1. The second kappa shape index (κ2) is 7.95. The maximum atomic E-state index is 6.13. The van der Waals surface area contributed by atoms with Gasteiger partial charge in [0.25, 0.3) is 0 Å². The topological polar surface area (TPSA) is 87.0 Å². The van der Waals surface area contributed by atoms with E-state index < -0.39 is 0 Å². The van der Waals surface area contributed by atoms with Crippen molar-refractivity contribution >= 4 is 23.5 Å². The van der Waals surface area contributed by atoms with Gasteiger partial charge >= 0.3 is 0 Å². The van der Waals surface area contributed by atoms with E-state index in [9.17, 15) is 0 Å². The summed E-state index contributed by atoms with van der Waals surface area (Å²) in [6, 6.07) is 4.41. The highest BCUT2D eigenvalue weighted by atomic mass is 32.2. The van der Waals surface area contributed by atoms with E-state index in [-0.39, 0.29) is 5.95 Å². The van der Waals surface area contributed by atoms with E-state index in [1.165, 1.54) is 28.5 Å². The number of ether oxygens (including phenoxy) is 1. The molecule has 1 aromatic heterocycles. The number of aromatic nitrogens is 2. The Kier molecular flexibility index (Phi) is 6.16. The minimum Gasteiger partial charge on any atom is -0.496 e. The van der Waals surface area contributed by atoms with Crippen molar-refractivity contribution in [2.24, 2.45) is 0 Å². The van der Waals surface area contributed by atoms with E-state index in [0.29, 0.717) is 24.1 Å². The van der Waals surface area contributed by atoms with Crippen LogP contribution in [0.3, 0.4) is 0 Å². The summed E-state index contributed by atoms with van der Waals surface area (Å²) in [4.78, 5) is 8.46. The van der Waals surface area contributed by atoms with Gasteiger partial charge in [-0.05, 0) is 34.8 Å². The van der Waals surface area contributed by atoms with Gasteiger partial charge in [0.15, 0.2) is 0 Å². The van der Waals surface area contributed by atoms with Crippen LogP contribution >= 0.6 is 11.8 Å². The molecule has 0 radical (unpaired) electrons. The maximum Gasteiger partial charge on any atom is 0.223 e. The number of anilines is 2. The number of hydrogen-bond acceptors (Lipinski definition) is 6. The molecule has 6 heteroatoms. The Morgan fingerprint density at radius 1 is 1.04 bits per heavy atom. The highest BCUT2D eigenvalue weighted by molar-refractivity contribution is 7.98. The highest BCUT2D eigenvalue weighted by Gasteiger charge is 2.18. The van der Waals surface area contributed by atoms with Gasteiger partial charge in [0.05, 0.1) is 7.11 Å². The molecule has 1 heterocycles. The molecule has 25 heavy (non-hydrogen) atoms. The maximum absolute atomic E-state index is 6.13. The summed E-state index contributed by atoms with van der Waals surface area (Å²) in [6.45, 7) is 8.72. The molecule has 0 amide bonds. The molecule has 0 bridgehead atoms. The van der Waals surface area contributed by atoms with E-state index in [4.69, 9.17) is 16.2 Å². The van der Waals surface area contributed by atoms with Crippen molar-refractivity contribution < 1.29 is 4.74 Å². The van der Waals surface area contributed by atoms with Crippen molar-refractivity contribution in [3.05, 3.63) is 34.4 Å². The number of hydrogen-bond donors (Lipinski definition) is 2. The Balaban J connectivity index is 2.58. The molecule has 136 valence electrons. The second-order valence-electron chi connectivity index (χ2n) is 6.75. The molecule has 2 aromatic rings. The largest absolute Gasteiger partial charge is 0.496 e.